The van der Waals surface area contributed by atoms with Crippen molar-refractivity contribution in [3.8, 4) is 5.88 Å². The van der Waals surface area contributed by atoms with Gasteiger partial charge in [0.1, 0.15) is 0 Å². The Kier molecular flexibility index (Phi) is 5.66. The SMILES string of the molecule is COc1ccc([C@@H](N)CC(=O)O)cn1.Cl. The molecule has 0 aliphatic carbocycles. The maximum atomic E-state index is 10.4. The summed E-state index contributed by atoms with van der Waals surface area (Å²) < 4.78 is 4.86. The Morgan fingerprint density at radius 2 is 2.33 bits per heavy atom. The van der Waals surface area contributed by atoms with Crippen molar-refractivity contribution < 1.29 is 14.6 Å². The van der Waals surface area contributed by atoms with Crippen LogP contribution in [0.25, 0.3) is 0 Å². The normalized spacial score (nSPS) is 11.3. The fraction of sp³-hybridized carbons (Fsp3) is 0.333. The summed E-state index contributed by atoms with van der Waals surface area (Å²) in [6.45, 7) is 0. The van der Waals surface area contributed by atoms with Crippen molar-refractivity contribution in [2.45, 2.75) is 12.5 Å². The molecule has 0 amide bonds. The molecule has 0 unspecified atom stereocenters. The lowest BCUT2D eigenvalue weighted by Crippen LogP contribution is -2.15. The van der Waals surface area contributed by atoms with Crippen LogP contribution in [0.4, 0.5) is 0 Å². The number of rotatable bonds is 4. The van der Waals surface area contributed by atoms with Gasteiger partial charge < -0.3 is 15.6 Å². The van der Waals surface area contributed by atoms with Gasteiger partial charge in [-0.3, -0.25) is 4.79 Å². The van der Waals surface area contributed by atoms with Crippen molar-refractivity contribution in [1.82, 2.24) is 4.98 Å². The Morgan fingerprint density at radius 3 is 2.73 bits per heavy atom. The maximum Gasteiger partial charge on any atom is 0.305 e. The van der Waals surface area contributed by atoms with Crippen molar-refractivity contribution >= 4 is 18.4 Å². The lowest BCUT2D eigenvalue weighted by molar-refractivity contribution is -0.137. The molecule has 0 aliphatic rings. The zero-order chi connectivity index (χ0) is 10.6. The van der Waals surface area contributed by atoms with Gasteiger partial charge in [-0.05, 0) is 5.56 Å². The molecule has 84 valence electrons. The summed E-state index contributed by atoms with van der Waals surface area (Å²) in [5.74, 6) is -0.440. The van der Waals surface area contributed by atoms with E-state index in [-0.39, 0.29) is 18.8 Å². The van der Waals surface area contributed by atoms with Crippen LogP contribution < -0.4 is 10.5 Å². The first-order valence-corrected chi connectivity index (χ1v) is 4.11. The number of carboxylic acids is 1. The number of hydrogen-bond acceptors (Lipinski definition) is 4. The molecular formula is C9H13ClN2O3. The smallest absolute Gasteiger partial charge is 0.305 e. The van der Waals surface area contributed by atoms with Crippen LogP contribution in [0.15, 0.2) is 18.3 Å². The first kappa shape index (κ1) is 13.7. The van der Waals surface area contributed by atoms with Crippen LogP contribution in [0, 0.1) is 0 Å². The fourth-order valence-electron chi connectivity index (χ4n) is 1.04. The van der Waals surface area contributed by atoms with E-state index in [0.29, 0.717) is 11.4 Å². The lowest BCUT2D eigenvalue weighted by Gasteiger charge is -2.08. The van der Waals surface area contributed by atoms with E-state index < -0.39 is 12.0 Å². The quantitative estimate of drug-likeness (QED) is 0.809. The number of carboxylic acid groups (broad SMARTS) is 1. The van der Waals surface area contributed by atoms with Crippen LogP contribution in [-0.2, 0) is 4.79 Å². The van der Waals surface area contributed by atoms with Gasteiger partial charge in [-0.1, -0.05) is 6.07 Å². The molecular weight excluding hydrogens is 220 g/mol. The number of halogens is 1. The molecule has 1 aromatic heterocycles. The summed E-state index contributed by atoms with van der Waals surface area (Å²) in [6.07, 6.45) is 1.42. The molecule has 0 spiro atoms. The summed E-state index contributed by atoms with van der Waals surface area (Å²) in [5, 5.41) is 8.52. The van der Waals surface area contributed by atoms with Crippen molar-refractivity contribution in [2.75, 3.05) is 7.11 Å². The summed E-state index contributed by atoms with van der Waals surface area (Å²) in [5.41, 5.74) is 6.31. The van der Waals surface area contributed by atoms with E-state index in [2.05, 4.69) is 4.98 Å². The predicted octanol–water partition coefficient (Wildman–Crippen LogP) is 0.986. The fourth-order valence-corrected chi connectivity index (χ4v) is 1.04. The average Bonchev–Trinajstić information content (AvgIpc) is 2.17. The minimum atomic E-state index is -0.923. The molecule has 0 bridgehead atoms. The van der Waals surface area contributed by atoms with Gasteiger partial charge in [0.15, 0.2) is 0 Å². The minimum Gasteiger partial charge on any atom is -0.481 e. The van der Waals surface area contributed by atoms with Gasteiger partial charge in [0.05, 0.1) is 13.5 Å². The lowest BCUT2D eigenvalue weighted by atomic mass is 10.1. The van der Waals surface area contributed by atoms with E-state index in [1.165, 1.54) is 13.3 Å². The highest BCUT2D eigenvalue weighted by atomic mass is 35.5. The highest BCUT2D eigenvalue weighted by Crippen LogP contribution is 2.15. The monoisotopic (exact) mass is 232 g/mol. The summed E-state index contributed by atoms with van der Waals surface area (Å²) >= 11 is 0. The summed E-state index contributed by atoms with van der Waals surface area (Å²) in [4.78, 5) is 14.3. The zero-order valence-electron chi connectivity index (χ0n) is 8.21. The second kappa shape index (κ2) is 6.21. The molecule has 1 atom stereocenters. The van der Waals surface area contributed by atoms with Crippen molar-refractivity contribution in [3.05, 3.63) is 23.9 Å². The van der Waals surface area contributed by atoms with Gasteiger partial charge in [0.2, 0.25) is 5.88 Å². The van der Waals surface area contributed by atoms with Crippen LogP contribution in [0.2, 0.25) is 0 Å². The van der Waals surface area contributed by atoms with E-state index >= 15 is 0 Å². The zero-order valence-corrected chi connectivity index (χ0v) is 9.03. The molecule has 1 heterocycles. The number of nitrogens with zero attached hydrogens (tertiary/aromatic N) is 1. The third-order valence-electron chi connectivity index (χ3n) is 1.79. The van der Waals surface area contributed by atoms with Crippen molar-refractivity contribution in [1.29, 1.82) is 0 Å². The molecule has 1 rings (SSSR count). The number of nitrogens with two attached hydrogens (primary N) is 1. The molecule has 0 radical (unpaired) electrons. The Labute approximate surface area is 93.7 Å². The summed E-state index contributed by atoms with van der Waals surface area (Å²) in [7, 11) is 1.51. The van der Waals surface area contributed by atoms with E-state index in [4.69, 9.17) is 15.6 Å². The number of hydrogen-bond donors (Lipinski definition) is 2. The van der Waals surface area contributed by atoms with E-state index in [1.807, 2.05) is 0 Å². The Balaban J connectivity index is 0.00000196. The number of carbonyl (C=O) groups is 1. The second-order valence-corrected chi connectivity index (χ2v) is 2.84. The first-order valence-electron chi connectivity index (χ1n) is 4.11. The third-order valence-corrected chi connectivity index (χ3v) is 1.79. The Hall–Kier alpha value is -1.33. The van der Waals surface area contributed by atoms with Gasteiger partial charge in [0.25, 0.3) is 0 Å². The van der Waals surface area contributed by atoms with Gasteiger partial charge in [-0.15, -0.1) is 12.4 Å². The highest BCUT2D eigenvalue weighted by molar-refractivity contribution is 5.85. The number of pyridine rings is 1. The molecule has 6 heteroatoms. The number of aromatic nitrogens is 1. The molecule has 0 saturated carbocycles. The number of aliphatic carboxylic acids is 1. The van der Waals surface area contributed by atoms with Crippen molar-refractivity contribution in [2.24, 2.45) is 5.73 Å². The second-order valence-electron chi connectivity index (χ2n) is 2.84. The van der Waals surface area contributed by atoms with Crippen LogP contribution in [0.5, 0.6) is 5.88 Å². The van der Waals surface area contributed by atoms with Crippen LogP contribution in [0.3, 0.4) is 0 Å². The van der Waals surface area contributed by atoms with E-state index in [0.717, 1.165) is 0 Å². The average molecular weight is 233 g/mol. The Morgan fingerprint density at radius 1 is 1.67 bits per heavy atom. The molecule has 5 nitrogen and oxygen atoms in total. The largest absolute Gasteiger partial charge is 0.481 e. The number of methoxy groups -OCH3 is 1. The van der Waals surface area contributed by atoms with Gasteiger partial charge in [0, 0.05) is 18.3 Å². The van der Waals surface area contributed by atoms with Gasteiger partial charge in [-0.2, -0.15) is 0 Å². The summed E-state index contributed by atoms with van der Waals surface area (Å²) in [6, 6.07) is 2.84. The van der Waals surface area contributed by atoms with E-state index in [1.54, 1.807) is 12.1 Å². The molecule has 0 aliphatic heterocycles. The molecule has 15 heavy (non-hydrogen) atoms. The molecule has 3 N–H and O–H groups in total. The van der Waals surface area contributed by atoms with Crippen LogP contribution in [0.1, 0.15) is 18.0 Å². The van der Waals surface area contributed by atoms with Crippen LogP contribution >= 0.6 is 12.4 Å². The topological polar surface area (TPSA) is 85.4 Å². The van der Waals surface area contributed by atoms with Gasteiger partial charge >= 0.3 is 5.97 Å². The Bertz CT molecular complexity index is 316. The molecule has 0 saturated heterocycles. The van der Waals surface area contributed by atoms with E-state index in [9.17, 15) is 4.79 Å². The third kappa shape index (κ3) is 4.14. The predicted molar refractivity (Wildman–Crippen MR) is 57.2 cm³/mol. The number of ether oxygens (including phenoxy) is 1. The molecule has 1 aromatic rings. The van der Waals surface area contributed by atoms with Crippen LogP contribution in [-0.4, -0.2) is 23.2 Å². The first-order chi connectivity index (χ1) is 6.63. The van der Waals surface area contributed by atoms with Crippen molar-refractivity contribution in [3.63, 3.8) is 0 Å². The molecule has 0 fully saturated rings. The van der Waals surface area contributed by atoms with Gasteiger partial charge in [-0.25, -0.2) is 4.98 Å². The maximum absolute atomic E-state index is 10.4. The standard InChI is InChI=1S/C9H12N2O3.ClH/c1-14-8-3-2-6(5-11-8)7(10)4-9(12)13;/h2-3,5,7H,4,10H2,1H3,(H,12,13);1H/t7-;/m0./s1. The minimum absolute atomic E-state index is 0. The molecule has 0 aromatic carbocycles. The highest BCUT2D eigenvalue weighted by Gasteiger charge is 2.10.